The molecule has 4 aliphatic carbocycles. The molecule has 4 nitrogen and oxygen atoms in total. The minimum absolute atomic E-state index is 0.154. The number of hydrogen-bond donors (Lipinski definition) is 1. The van der Waals surface area contributed by atoms with Gasteiger partial charge in [0.05, 0.1) is 6.04 Å². The summed E-state index contributed by atoms with van der Waals surface area (Å²) in [6.45, 7) is 8.40. The molecule has 4 saturated carbocycles. The van der Waals surface area contributed by atoms with Crippen LogP contribution in [0.15, 0.2) is 34.8 Å². The van der Waals surface area contributed by atoms with Gasteiger partial charge in [0.25, 0.3) is 10.0 Å². The Balaban J connectivity index is 1.47. The number of amidine groups is 1. The summed E-state index contributed by atoms with van der Waals surface area (Å²) in [6, 6.07) is 8.07. The number of sulfonamides is 1. The lowest BCUT2D eigenvalue weighted by molar-refractivity contribution is -0.0633. The van der Waals surface area contributed by atoms with E-state index in [1.807, 2.05) is 31.2 Å². The van der Waals surface area contributed by atoms with Crippen molar-refractivity contribution in [2.24, 2.45) is 28.2 Å². The van der Waals surface area contributed by atoms with Gasteiger partial charge in [0.1, 0.15) is 10.7 Å². The SMILES string of the molecule is CC1=C(c2ccc(C(C)C)cc2)S(=O)(=O)NC1=NC(C)C12CC3CC(CC(C3)C1)C2. The fourth-order valence-corrected chi connectivity index (χ4v) is 8.61. The van der Waals surface area contributed by atoms with Crippen LogP contribution in [-0.4, -0.2) is 20.3 Å². The average Bonchev–Trinajstić information content (AvgIpc) is 2.88. The van der Waals surface area contributed by atoms with E-state index in [0.717, 1.165) is 28.9 Å². The molecule has 0 aromatic heterocycles. The first-order chi connectivity index (χ1) is 14.2. The fourth-order valence-electron chi connectivity index (χ4n) is 7.10. The van der Waals surface area contributed by atoms with Crippen LogP contribution in [-0.2, 0) is 10.0 Å². The number of nitrogens with zero attached hydrogens (tertiary/aromatic N) is 1. The maximum absolute atomic E-state index is 13.0. The lowest BCUT2D eigenvalue weighted by atomic mass is 9.48. The molecule has 30 heavy (non-hydrogen) atoms. The number of rotatable bonds is 4. The van der Waals surface area contributed by atoms with Gasteiger partial charge >= 0.3 is 0 Å². The van der Waals surface area contributed by atoms with Gasteiger partial charge in [-0.05, 0) is 92.6 Å². The van der Waals surface area contributed by atoms with E-state index < -0.39 is 10.0 Å². The molecule has 1 aromatic carbocycles. The van der Waals surface area contributed by atoms with E-state index in [4.69, 9.17) is 4.99 Å². The summed E-state index contributed by atoms with van der Waals surface area (Å²) in [6.07, 6.45) is 8.04. The van der Waals surface area contributed by atoms with Gasteiger partial charge in [0.15, 0.2) is 0 Å². The van der Waals surface area contributed by atoms with Gasteiger partial charge in [0, 0.05) is 5.57 Å². The molecular formula is C25H34N2O2S. The molecule has 5 heteroatoms. The second-order valence-electron chi connectivity index (χ2n) is 10.8. The summed E-state index contributed by atoms with van der Waals surface area (Å²) >= 11 is 0. The second-order valence-corrected chi connectivity index (χ2v) is 12.4. The van der Waals surface area contributed by atoms with Gasteiger partial charge in [-0.15, -0.1) is 0 Å². The molecule has 1 atom stereocenters. The molecule has 0 saturated heterocycles. The minimum atomic E-state index is -3.57. The van der Waals surface area contributed by atoms with Gasteiger partial charge in [-0.1, -0.05) is 38.1 Å². The monoisotopic (exact) mass is 426 g/mol. The zero-order chi connectivity index (χ0) is 21.3. The van der Waals surface area contributed by atoms with Crippen molar-refractivity contribution >= 4 is 20.8 Å². The Bertz CT molecular complexity index is 982. The molecule has 4 fully saturated rings. The van der Waals surface area contributed by atoms with Crippen LogP contribution < -0.4 is 4.72 Å². The van der Waals surface area contributed by atoms with Crippen molar-refractivity contribution in [2.75, 3.05) is 0 Å². The topological polar surface area (TPSA) is 58.5 Å². The summed E-state index contributed by atoms with van der Waals surface area (Å²) in [5.41, 5.74) is 2.99. The number of hydrogen-bond acceptors (Lipinski definition) is 3. The van der Waals surface area contributed by atoms with Gasteiger partial charge < -0.3 is 0 Å². The van der Waals surface area contributed by atoms with Crippen LogP contribution in [0.1, 0.15) is 83.3 Å². The summed E-state index contributed by atoms with van der Waals surface area (Å²) in [4.78, 5) is 5.42. The molecule has 1 aromatic rings. The first-order valence-corrected chi connectivity index (χ1v) is 13.1. The Kier molecular flexibility index (Phi) is 4.70. The zero-order valence-corrected chi connectivity index (χ0v) is 19.4. The molecule has 1 N–H and O–H groups in total. The molecule has 1 heterocycles. The molecule has 5 aliphatic rings. The molecule has 6 rings (SSSR count). The van der Waals surface area contributed by atoms with Crippen molar-refractivity contribution in [1.29, 1.82) is 0 Å². The van der Waals surface area contributed by atoms with Crippen LogP contribution in [0.5, 0.6) is 0 Å². The molecule has 162 valence electrons. The van der Waals surface area contributed by atoms with Crippen LogP contribution in [0.3, 0.4) is 0 Å². The van der Waals surface area contributed by atoms with Gasteiger partial charge in [-0.3, -0.25) is 9.71 Å². The van der Waals surface area contributed by atoms with E-state index in [-0.39, 0.29) is 11.5 Å². The third-order valence-electron chi connectivity index (χ3n) is 8.33. The van der Waals surface area contributed by atoms with Crippen LogP contribution in [0.4, 0.5) is 0 Å². The van der Waals surface area contributed by atoms with E-state index in [9.17, 15) is 8.42 Å². The van der Waals surface area contributed by atoms with Crippen molar-refractivity contribution in [1.82, 2.24) is 4.72 Å². The predicted octanol–water partition coefficient (Wildman–Crippen LogP) is 5.48. The molecule has 0 amide bonds. The van der Waals surface area contributed by atoms with Gasteiger partial charge in [-0.25, -0.2) is 8.42 Å². The van der Waals surface area contributed by atoms with Gasteiger partial charge in [0.2, 0.25) is 0 Å². The van der Waals surface area contributed by atoms with Crippen molar-refractivity contribution < 1.29 is 8.42 Å². The molecule has 0 spiro atoms. The van der Waals surface area contributed by atoms with Crippen molar-refractivity contribution in [3.63, 3.8) is 0 Å². The van der Waals surface area contributed by atoms with E-state index in [0.29, 0.717) is 16.7 Å². The summed E-state index contributed by atoms with van der Waals surface area (Å²) in [5.74, 6) is 3.58. The minimum Gasteiger partial charge on any atom is -0.264 e. The number of aliphatic imine (C=N–C) groups is 1. The third-order valence-corrected chi connectivity index (χ3v) is 9.87. The third kappa shape index (κ3) is 3.24. The van der Waals surface area contributed by atoms with E-state index in [1.54, 1.807) is 0 Å². The predicted molar refractivity (Wildman–Crippen MR) is 123 cm³/mol. The fraction of sp³-hybridized carbons (Fsp3) is 0.640. The summed E-state index contributed by atoms with van der Waals surface area (Å²) in [7, 11) is -3.57. The zero-order valence-electron chi connectivity index (χ0n) is 18.6. The highest BCUT2D eigenvalue weighted by Crippen LogP contribution is 2.61. The Hall–Kier alpha value is -1.62. The molecule has 4 bridgehead atoms. The first-order valence-electron chi connectivity index (χ1n) is 11.6. The Morgan fingerprint density at radius 2 is 1.50 bits per heavy atom. The van der Waals surface area contributed by atoms with Crippen molar-refractivity contribution in [3.05, 3.63) is 41.0 Å². The van der Waals surface area contributed by atoms with E-state index in [2.05, 4.69) is 25.5 Å². The van der Waals surface area contributed by atoms with Crippen molar-refractivity contribution in [2.45, 2.75) is 78.2 Å². The van der Waals surface area contributed by atoms with Crippen LogP contribution >= 0.6 is 0 Å². The maximum atomic E-state index is 13.0. The summed E-state index contributed by atoms with van der Waals surface area (Å²) in [5, 5.41) is 0. The highest BCUT2D eigenvalue weighted by molar-refractivity contribution is 8.00. The molecular weight excluding hydrogens is 392 g/mol. The summed E-state index contributed by atoms with van der Waals surface area (Å²) < 4.78 is 28.7. The quantitative estimate of drug-likeness (QED) is 0.693. The van der Waals surface area contributed by atoms with E-state index >= 15 is 0 Å². The maximum Gasteiger partial charge on any atom is 0.264 e. The standard InChI is InChI=1S/C25H34N2O2S/c1-15(2)21-5-7-22(8-6-21)23-16(3)24(27-30(23,28)29)26-17(4)25-12-18-9-19(13-25)11-20(10-18)14-25/h5-8,15,17-20H,9-14H2,1-4H3,(H,26,27). The van der Waals surface area contributed by atoms with Gasteiger partial charge in [-0.2, -0.15) is 0 Å². The lowest BCUT2D eigenvalue weighted by Gasteiger charge is -2.58. The molecule has 1 unspecified atom stereocenters. The van der Waals surface area contributed by atoms with Crippen LogP contribution in [0, 0.1) is 23.2 Å². The number of benzene rings is 1. The Morgan fingerprint density at radius 3 is 2.00 bits per heavy atom. The Morgan fingerprint density at radius 1 is 0.967 bits per heavy atom. The second kappa shape index (κ2) is 6.94. The first kappa shape index (κ1) is 20.3. The molecule has 0 radical (unpaired) electrons. The van der Waals surface area contributed by atoms with Crippen molar-refractivity contribution in [3.8, 4) is 0 Å². The smallest absolute Gasteiger partial charge is 0.264 e. The highest BCUT2D eigenvalue weighted by atomic mass is 32.2. The van der Waals surface area contributed by atoms with Crippen LogP contribution in [0.2, 0.25) is 0 Å². The Labute approximate surface area is 181 Å². The normalized spacial score (nSPS) is 36.6. The highest BCUT2D eigenvalue weighted by Gasteiger charge is 2.53. The van der Waals surface area contributed by atoms with E-state index in [1.165, 1.54) is 44.1 Å². The largest absolute Gasteiger partial charge is 0.264 e. The number of nitrogens with one attached hydrogen (secondary N) is 1. The molecule has 1 aliphatic heterocycles. The van der Waals surface area contributed by atoms with Crippen LogP contribution in [0.25, 0.3) is 4.91 Å². The lowest BCUT2D eigenvalue weighted by Crippen LogP contribution is -2.50. The average molecular weight is 427 g/mol.